The van der Waals surface area contributed by atoms with Gasteiger partial charge in [0.1, 0.15) is 5.82 Å². The zero-order chi connectivity index (χ0) is 21.9. The van der Waals surface area contributed by atoms with Crippen molar-refractivity contribution in [2.75, 3.05) is 33.8 Å². The minimum atomic E-state index is -0.271. The second-order valence-corrected chi connectivity index (χ2v) is 8.65. The minimum absolute atomic E-state index is 0.0267. The highest BCUT2D eigenvalue weighted by molar-refractivity contribution is 5.94. The molecule has 0 atom stereocenters. The van der Waals surface area contributed by atoms with E-state index in [0.717, 1.165) is 51.8 Å². The zero-order valence-corrected chi connectivity index (χ0v) is 19.0. The first-order valence-corrected chi connectivity index (χ1v) is 11.4. The Morgan fingerprint density at radius 2 is 1.87 bits per heavy atom. The van der Waals surface area contributed by atoms with Crippen molar-refractivity contribution in [2.24, 2.45) is 0 Å². The van der Waals surface area contributed by atoms with Gasteiger partial charge in [0, 0.05) is 31.8 Å². The van der Waals surface area contributed by atoms with E-state index >= 15 is 0 Å². The Hall–Kier alpha value is -1.72. The number of carbonyl (C=O) groups excluding carboxylic acids is 1. The van der Waals surface area contributed by atoms with Crippen LogP contribution in [-0.2, 0) is 4.74 Å². The van der Waals surface area contributed by atoms with Crippen LogP contribution in [0.15, 0.2) is 30.9 Å². The standard InChI is InChI=1S/C25H39FN2O2/c1-5-16-27(3)17-8-6-7-9-18-30-23-13-11-22(12-14-23)28(4)25(29)21-10-15-24(26)20(2)19-21/h5,10,15,19,22-23H,1,6-9,11-14,16-18H2,2-4H3/t22-,23-. The van der Waals surface area contributed by atoms with Gasteiger partial charge in [-0.05, 0) is 82.8 Å². The molecule has 0 saturated heterocycles. The third-order valence-corrected chi connectivity index (χ3v) is 6.15. The van der Waals surface area contributed by atoms with Crippen LogP contribution in [0.1, 0.15) is 67.3 Å². The van der Waals surface area contributed by atoms with E-state index in [4.69, 9.17) is 4.74 Å². The number of hydrogen-bond acceptors (Lipinski definition) is 3. The molecule has 0 unspecified atom stereocenters. The van der Waals surface area contributed by atoms with E-state index in [1.807, 2.05) is 18.0 Å². The lowest BCUT2D eigenvalue weighted by Crippen LogP contribution is -2.40. The van der Waals surface area contributed by atoms with Gasteiger partial charge < -0.3 is 14.5 Å². The number of benzene rings is 1. The number of rotatable bonds is 12. The molecule has 0 spiro atoms. The van der Waals surface area contributed by atoms with Crippen molar-refractivity contribution in [3.05, 3.63) is 47.8 Å². The summed E-state index contributed by atoms with van der Waals surface area (Å²) in [4.78, 5) is 16.8. The average Bonchev–Trinajstić information content (AvgIpc) is 2.74. The van der Waals surface area contributed by atoms with Crippen molar-refractivity contribution in [3.8, 4) is 0 Å². The first-order valence-electron chi connectivity index (χ1n) is 11.4. The number of aryl methyl sites for hydroxylation is 1. The lowest BCUT2D eigenvalue weighted by atomic mass is 9.91. The molecule has 0 aliphatic heterocycles. The fraction of sp³-hybridized carbons (Fsp3) is 0.640. The highest BCUT2D eigenvalue weighted by atomic mass is 19.1. The Balaban J connectivity index is 1.61. The fourth-order valence-corrected chi connectivity index (χ4v) is 4.15. The monoisotopic (exact) mass is 418 g/mol. The number of halogens is 1. The van der Waals surface area contributed by atoms with Crippen LogP contribution in [0.5, 0.6) is 0 Å². The number of nitrogens with zero attached hydrogens (tertiary/aromatic N) is 2. The van der Waals surface area contributed by atoms with Crippen molar-refractivity contribution >= 4 is 5.91 Å². The van der Waals surface area contributed by atoms with Crippen LogP contribution in [-0.4, -0.2) is 61.6 Å². The molecule has 0 bridgehead atoms. The van der Waals surface area contributed by atoms with Gasteiger partial charge in [-0.15, -0.1) is 6.58 Å². The molecule has 1 aliphatic carbocycles. The van der Waals surface area contributed by atoms with Crippen LogP contribution >= 0.6 is 0 Å². The normalized spacial score (nSPS) is 19.1. The molecular weight excluding hydrogens is 379 g/mol. The molecule has 1 aromatic carbocycles. The number of unbranched alkanes of at least 4 members (excludes halogenated alkanes) is 3. The molecule has 4 nitrogen and oxygen atoms in total. The molecule has 168 valence electrons. The molecule has 0 aromatic heterocycles. The van der Waals surface area contributed by atoms with E-state index in [2.05, 4.69) is 18.5 Å². The summed E-state index contributed by atoms with van der Waals surface area (Å²) >= 11 is 0. The quantitative estimate of drug-likeness (QED) is 0.345. The fourth-order valence-electron chi connectivity index (χ4n) is 4.15. The van der Waals surface area contributed by atoms with E-state index in [0.29, 0.717) is 17.2 Å². The smallest absolute Gasteiger partial charge is 0.253 e. The molecule has 1 aliphatic rings. The van der Waals surface area contributed by atoms with E-state index < -0.39 is 0 Å². The van der Waals surface area contributed by atoms with E-state index in [1.165, 1.54) is 25.3 Å². The second kappa shape index (κ2) is 12.9. The summed E-state index contributed by atoms with van der Waals surface area (Å²) in [6.07, 6.45) is 11.0. The summed E-state index contributed by atoms with van der Waals surface area (Å²) in [6, 6.07) is 4.82. The molecule has 30 heavy (non-hydrogen) atoms. The highest BCUT2D eigenvalue weighted by Gasteiger charge is 2.27. The van der Waals surface area contributed by atoms with Crippen molar-refractivity contribution in [3.63, 3.8) is 0 Å². The van der Waals surface area contributed by atoms with Gasteiger partial charge in [-0.2, -0.15) is 0 Å². The predicted octanol–water partition coefficient (Wildman–Crippen LogP) is 5.21. The van der Waals surface area contributed by atoms with Gasteiger partial charge in [0.05, 0.1) is 6.10 Å². The summed E-state index contributed by atoms with van der Waals surface area (Å²) in [5.74, 6) is -0.298. The van der Waals surface area contributed by atoms with E-state index in [1.54, 1.807) is 19.1 Å². The number of likely N-dealkylation sites (N-methyl/N-ethyl adjacent to an activating group) is 1. The van der Waals surface area contributed by atoms with Gasteiger partial charge in [0.15, 0.2) is 0 Å². The molecule has 0 radical (unpaired) electrons. The SMILES string of the molecule is C=CCN(C)CCCCCCO[C@H]1CC[C@H](N(C)C(=O)c2ccc(F)c(C)c2)CC1. The third kappa shape index (κ3) is 7.84. The van der Waals surface area contributed by atoms with Crippen LogP contribution in [0.3, 0.4) is 0 Å². The topological polar surface area (TPSA) is 32.8 Å². The second-order valence-electron chi connectivity index (χ2n) is 8.65. The van der Waals surface area contributed by atoms with Crippen molar-refractivity contribution in [2.45, 2.75) is 70.4 Å². The Bertz CT molecular complexity index is 671. The van der Waals surface area contributed by atoms with Crippen LogP contribution in [0.2, 0.25) is 0 Å². The predicted molar refractivity (Wildman–Crippen MR) is 121 cm³/mol. The summed E-state index contributed by atoms with van der Waals surface area (Å²) in [5, 5.41) is 0. The maximum atomic E-state index is 13.5. The molecular formula is C25H39FN2O2. The first-order chi connectivity index (χ1) is 14.4. The lowest BCUT2D eigenvalue weighted by Gasteiger charge is -2.34. The van der Waals surface area contributed by atoms with Crippen molar-refractivity contribution in [1.29, 1.82) is 0 Å². The molecule has 5 heteroatoms. The summed E-state index contributed by atoms with van der Waals surface area (Å²) in [6.45, 7) is 8.37. The molecule has 1 amide bonds. The van der Waals surface area contributed by atoms with E-state index in [-0.39, 0.29) is 17.8 Å². The molecule has 2 rings (SSSR count). The van der Waals surface area contributed by atoms with Crippen LogP contribution in [0.25, 0.3) is 0 Å². The largest absolute Gasteiger partial charge is 0.378 e. The van der Waals surface area contributed by atoms with Gasteiger partial charge in [0.2, 0.25) is 0 Å². The lowest BCUT2D eigenvalue weighted by molar-refractivity contribution is 0.00907. The summed E-state index contributed by atoms with van der Waals surface area (Å²) in [7, 11) is 3.99. The van der Waals surface area contributed by atoms with Crippen LogP contribution in [0, 0.1) is 12.7 Å². The van der Waals surface area contributed by atoms with Crippen LogP contribution < -0.4 is 0 Å². The highest BCUT2D eigenvalue weighted by Crippen LogP contribution is 2.26. The molecule has 0 N–H and O–H groups in total. The van der Waals surface area contributed by atoms with Gasteiger partial charge in [-0.1, -0.05) is 18.9 Å². The van der Waals surface area contributed by atoms with Gasteiger partial charge in [0.25, 0.3) is 5.91 Å². The number of hydrogen-bond donors (Lipinski definition) is 0. The van der Waals surface area contributed by atoms with Gasteiger partial charge >= 0.3 is 0 Å². The molecule has 0 heterocycles. The number of ether oxygens (including phenoxy) is 1. The zero-order valence-electron chi connectivity index (χ0n) is 19.0. The van der Waals surface area contributed by atoms with Gasteiger partial charge in [-0.25, -0.2) is 4.39 Å². The number of amides is 1. The maximum absolute atomic E-state index is 13.5. The van der Waals surface area contributed by atoms with Crippen LogP contribution in [0.4, 0.5) is 4.39 Å². The Kier molecular flexibility index (Phi) is 10.5. The Morgan fingerprint density at radius 3 is 2.53 bits per heavy atom. The van der Waals surface area contributed by atoms with Crippen molar-refractivity contribution in [1.82, 2.24) is 9.80 Å². The van der Waals surface area contributed by atoms with E-state index in [9.17, 15) is 9.18 Å². The summed E-state index contributed by atoms with van der Waals surface area (Å²) < 4.78 is 19.5. The minimum Gasteiger partial charge on any atom is -0.378 e. The Labute approximate surface area is 182 Å². The maximum Gasteiger partial charge on any atom is 0.253 e. The Morgan fingerprint density at radius 1 is 1.17 bits per heavy atom. The van der Waals surface area contributed by atoms with Gasteiger partial charge in [-0.3, -0.25) is 4.79 Å². The summed E-state index contributed by atoms with van der Waals surface area (Å²) in [5.41, 5.74) is 1.07. The molecule has 1 fully saturated rings. The molecule has 1 saturated carbocycles. The first kappa shape index (κ1) is 24.5. The third-order valence-electron chi connectivity index (χ3n) is 6.15. The number of carbonyl (C=O) groups is 1. The molecule has 1 aromatic rings. The van der Waals surface area contributed by atoms with Crippen molar-refractivity contribution < 1.29 is 13.9 Å². The average molecular weight is 419 g/mol.